The second kappa shape index (κ2) is 4.39. The van der Waals surface area contributed by atoms with E-state index < -0.39 is 0 Å². The molecule has 0 radical (unpaired) electrons. The number of aliphatic hydroxyl groups is 1. The summed E-state index contributed by atoms with van der Waals surface area (Å²) in [5, 5.41) is 8.95. The van der Waals surface area contributed by atoms with Crippen LogP contribution in [-0.4, -0.2) is 35.3 Å². The molecule has 0 aliphatic heterocycles. The Morgan fingerprint density at radius 3 is 2.77 bits per heavy atom. The van der Waals surface area contributed by atoms with Gasteiger partial charge >= 0.3 is 0 Å². The smallest absolute Gasteiger partial charge is 0.224 e. The molecule has 4 nitrogen and oxygen atoms in total. The van der Waals surface area contributed by atoms with Crippen molar-refractivity contribution in [1.29, 1.82) is 0 Å². The van der Waals surface area contributed by atoms with Gasteiger partial charge in [0.15, 0.2) is 0 Å². The molecule has 0 atom stereocenters. The minimum Gasteiger partial charge on any atom is -0.395 e. The van der Waals surface area contributed by atoms with Gasteiger partial charge in [-0.3, -0.25) is 0 Å². The third-order valence-electron chi connectivity index (χ3n) is 1.64. The third kappa shape index (κ3) is 2.82. The van der Waals surface area contributed by atoms with Crippen LogP contribution in [0.3, 0.4) is 0 Å². The van der Waals surface area contributed by atoms with Crippen LogP contribution in [0.5, 0.6) is 0 Å². The second-order valence-electron chi connectivity index (χ2n) is 2.78. The Hall–Kier alpha value is -0.870. The van der Waals surface area contributed by atoms with Gasteiger partial charge in [0.1, 0.15) is 5.82 Å². The third-order valence-corrected chi connectivity index (χ3v) is 1.81. The van der Waals surface area contributed by atoms with Crippen molar-refractivity contribution in [2.45, 2.75) is 6.92 Å². The first-order chi connectivity index (χ1) is 6.13. The quantitative estimate of drug-likeness (QED) is 0.738. The number of hydrogen-bond donors (Lipinski definition) is 1. The highest BCUT2D eigenvalue weighted by Gasteiger charge is 2.04. The van der Waals surface area contributed by atoms with E-state index in [-0.39, 0.29) is 11.9 Å². The van der Waals surface area contributed by atoms with Gasteiger partial charge in [-0.2, -0.15) is 0 Å². The van der Waals surface area contributed by atoms with Crippen LogP contribution in [0.25, 0.3) is 0 Å². The van der Waals surface area contributed by atoms with E-state index in [4.69, 9.17) is 16.7 Å². The summed E-state index contributed by atoms with van der Waals surface area (Å²) in [6.07, 6.45) is 0. The minimum atomic E-state index is 0.0944. The first-order valence-electron chi connectivity index (χ1n) is 3.96. The summed E-state index contributed by atoms with van der Waals surface area (Å²) in [6, 6.07) is 1.82. The van der Waals surface area contributed by atoms with Crippen LogP contribution < -0.4 is 4.90 Å². The van der Waals surface area contributed by atoms with E-state index in [1.807, 2.05) is 24.9 Å². The molecule has 0 amide bonds. The van der Waals surface area contributed by atoms with Gasteiger partial charge in [0.05, 0.1) is 6.61 Å². The SMILES string of the molecule is Cc1cc(N(C)CCO)nc(Cl)n1. The van der Waals surface area contributed by atoms with Gasteiger partial charge in [-0.15, -0.1) is 0 Å². The number of hydrogen-bond acceptors (Lipinski definition) is 4. The van der Waals surface area contributed by atoms with Crippen molar-refractivity contribution < 1.29 is 5.11 Å². The number of halogens is 1. The van der Waals surface area contributed by atoms with Crippen LogP contribution >= 0.6 is 11.6 Å². The van der Waals surface area contributed by atoms with Crippen molar-refractivity contribution in [1.82, 2.24) is 9.97 Å². The Morgan fingerprint density at radius 1 is 1.54 bits per heavy atom. The lowest BCUT2D eigenvalue weighted by atomic mass is 10.4. The summed E-state index contributed by atoms with van der Waals surface area (Å²) < 4.78 is 0. The fraction of sp³-hybridized carbons (Fsp3) is 0.500. The summed E-state index contributed by atoms with van der Waals surface area (Å²) in [5.41, 5.74) is 0.819. The number of anilines is 1. The van der Waals surface area contributed by atoms with Gasteiger partial charge in [-0.1, -0.05) is 0 Å². The van der Waals surface area contributed by atoms with Crippen molar-refractivity contribution in [2.75, 3.05) is 25.1 Å². The highest BCUT2D eigenvalue weighted by atomic mass is 35.5. The van der Waals surface area contributed by atoms with Gasteiger partial charge in [-0.25, -0.2) is 9.97 Å². The topological polar surface area (TPSA) is 49.2 Å². The van der Waals surface area contributed by atoms with Crippen LogP contribution in [0.15, 0.2) is 6.07 Å². The van der Waals surface area contributed by atoms with Gasteiger partial charge in [0, 0.05) is 25.4 Å². The van der Waals surface area contributed by atoms with E-state index in [2.05, 4.69) is 9.97 Å². The standard InChI is InChI=1S/C8H12ClN3O/c1-6-5-7(11-8(9)10-6)12(2)3-4-13/h5,13H,3-4H2,1-2H3. The zero-order valence-corrected chi connectivity index (χ0v) is 8.41. The molecule has 1 rings (SSSR count). The molecule has 0 aliphatic carbocycles. The summed E-state index contributed by atoms with van der Waals surface area (Å²) in [5.74, 6) is 0.728. The van der Waals surface area contributed by atoms with E-state index in [1.54, 1.807) is 0 Å². The number of aromatic nitrogens is 2. The molecule has 1 heterocycles. The van der Waals surface area contributed by atoms with Crippen LogP contribution in [0.1, 0.15) is 5.69 Å². The average molecular weight is 202 g/mol. The summed E-state index contributed by atoms with van der Waals surface area (Å²) in [4.78, 5) is 9.78. The Bertz CT molecular complexity index is 272. The van der Waals surface area contributed by atoms with Gasteiger partial charge < -0.3 is 10.0 Å². The van der Waals surface area contributed by atoms with Crippen LogP contribution in [0.4, 0.5) is 5.82 Å². The second-order valence-corrected chi connectivity index (χ2v) is 3.12. The molecule has 5 heteroatoms. The van der Waals surface area contributed by atoms with E-state index in [1.165, 1.54) is 0 Å². The molecule has 1 N–H and O–H groups in total. The first kappa shape index (κ1) is 10.2. The van der Waals surface area contributed by atoms with Crippen molar-refractivity contribution in [2.24, 2.45) is 0 Å². The summed E-state index contributed by atoms with van der Waals surface area (Å²) in [7, 11) is 1.84. The molecule has 0 saturated heterocycles. The van der Waals surface area contributed by atoms with Crippen molar-refractivity contribution >= 4 is 17.4 Å². The Morgan fingerprint density at radius 2 is 2.23 bits per heavy atom. The molecule has 0 saturated carbocycles. The predicted octanol–water partition coefficient (Wildman–Crippen LogP) is 0.867. The molecule has 1 aromatic heterocycles. The summed E-state index contributed by atoms with van der Waals surface area (Å²) >= 11 is 5.68. The lowest BCUT2D eigenvalue weighted by Crippen LogP contribution is -2.22. The number of rotatable bonds is 3. The Labute approximate surface area is 82.2 Å². The molecule has 0 aromatic carbocycles. The van der Waals surface area contributed by atoms with E-state index in [0.29, 0.717) is 6.54 Å². The van der Waals surface area contributed by atoms with Crippen LogP contribution in [-0.2, 0) is 0 Å². The maximum Gasteiger partial charge on any atom is 0.224 e. The monoisotopic (exact) mass is 201 g/mol. The maximum atomic E-state index is 8.72. The van der Waals surface area contributed by atoms with Crippen LogP contribution in [0, 0.1) is 6.92 Å². The Kier molecular flexibility index (Phi) is 3.45. The highest BCUT2D eigenvalue weighted by Crippen LogP contribution is 2.12. The lowest BCUT2D eigenvalue weighted by Gasteiger charge is -2.16. The number of aliphatic hydroxyl groups excluding tert-OH is 1. The molecular formula is C8H12ClN3O. The van der Waals surface area contributed by atoms with E-state index in [9.17, 15) is 0 Å². The maximum absolute atomic E-state index is 8.72. The minimum absolute atomic E-state index is 0.0944. The van der Waals surface area contributed by atoms with Crippen molar-refractivity contribution in [3.63, 3.8) is 0 Å². The summed E-state index contributed by atoms with van der Waals surface area (Å²) in [6.45, 7) is 2.48. The molecule has 1 aromatic rings. The van der Waals surface area contributed by atoms with E-state index >= 15 is 0 Å². The molecule has 0 bridgehead atoms. The number of aryl methyl sites for hydroxylation is 1. The van der Waals surface area contributed by atoms with Crippen molar-refractivity contribution in [3.05, 3.63) is 17.0 Å². The van der Waals surface area contributed by atoms with Gasteiger partial charge in [0.25, 0.3) is 0 Å². The molecule has 0 fully saturated rings. The lowest BCUT2D eigenvalue weighted by molar-refractivity contribution is 0.304. The number of nitrogens with zero attached hydrogens (tertiary/aromatic N) is 3. The van der Waals surface area contributed by atoms with Crippen LogP contribution in [0.2, 0.25) is 5.28 Å². The normalized spacial score (nSPS) is 10.2. The molecule has 0 spiro atoms. The average Bonchev–Trinajstić information content (AvgIpc) is 2.03. The number of likely N-dealkylation sites (N-methyl/N-ethyl adjacent to an activating group) is 1. The first-order valence-corrected chi connectivity index (χ1v) is 4.34. The predicted molar refractivity (Wildman–Crippen MR) is 52.1 cm³/mol. The molecule has 72 valence electrons. The molecule has 13 heavy (non-hydrogen) atoms. The van der Waals surface area contributed by atoms with Gasteiger partial charge in [-0.05, 0) is 18.5 Å². The zero-order chi connectivity index (χ0) is 9.84. The highest BCUT2D eigenvalue weighted by molar-refractivity contribution is 6.28. The molecule has 0 aliphatic rings. The molecular weight excluding hydrogens is 190 g/mol. The fourth-order valence-corrected chi connectivity index (χ4v) is 1.20. The molecule has 0 unspecified atom stereocenters. The van der Waals surface area contributed by atoms with Gasteiger partial charge in [0.2, 0.25) is 5.28 Å². The van der Waals surface area contributed by atoms with E-state index in [0.717, 1.165) is 11.5 Å². The van der Waals surface area contributed by atoms with Crippen molar-refractivity contribution in [3.8, 4) is 0 Å². The largest absolute Gasteiger partial charge is 0.395 e. The fourth-order valence-electron chi connectivity index (χ4n) is 0.977. The zero-order valence-electron chi connectivity index (χ0n) is 7.66. The Balaban J connectivity index is 2.87.